The van der Waals surface area contributed by atoms with Crippen LogP contribution in [0.3, 0.4) is 0 Å². The molecule has 0 saturated carbocycles. The van der Waals surface area contributed by atoms with Crippen molar-refractivity contribution in [2.24, 2.45) is 5.92 Å². The van der Waals surface area contributed by atoms with E-state index in [1.54, 1.807) is 18.9 Å². The van der Waals surface area contributed by atoms with E-state index in [2.05, 4.69) is 5.32 Å². The molecule has 1 aliphatic carbocycles. The maximum Gasteiger partial charge on any atom is 0.450 e. The molecule has 5 rings (SSSR count). The molecule has 1 saturated heterocycles. The normalized spacial score (nSPS) is 30.3. The topological polar surface area (TPSA) is 41.6 Å². The van der Waals surface area contributed by atoms with E-state index in [1.807, 2.05) is 46.7 Å². The molecule has 3 heterocycles. The molecule has 3 unspecified atom stereocenters. The summed E-state index contributed by atoms with van der Waals surface area (Å²) in [6, 6.07) is 9.41. The van der Waals surface area contributed by atoms with E-state index in [0.717, 1.165) is 27.3 Å². The van der Waals surface area contributed by atoms with Crippen molar-refractivity contribution < 1.29 is 22.7 Å². The van der Waals surface area contributed by atoms with E-state index in [4.69, 9.17) is 4.74 Å². The summed E-state index contributed by atoms with van der Waals surface area (Å²) in [5.41, 5.74) is 3.32. The second-order valence-electron chi connectivity index (χ2n) is 8.26. The minimum Gasteiger partial charge on any atom is -0.368 e. The van der Waals surface area contributed by atoms with Gasteiger partial charge in [0.25, 0.3) is 0 Å². The summed E-state index contributed by atoms with van der Waals surface area (Å²) in [4.78, 5) is 15.4. The maximum absolute atomic E-state index is 13.4. The molecule has 0 aromatic heterocycles. The number of carbonyl (C=O) groups excluding carboxylic acids is 1. The van der Waals surface area contributed by atoms with Crippen LogP contribution in [0.1, 0.15) is 18.4 Å². The van der Waals surface area contributed by atoms with Gasteiger partial charge in [0.15, 0.2) is 0 Å². The standard InChI is InChI=1S/C23H23F3N2O2S/c1-30-22(14-6-3-2-4-7-14)9-8-15-16-12-27-13-17(20(29)23(24,25)26)18(16)28-10-5-11-31-21(22)19(15)28/h2-7,11,17-18,27H,8-10,12-13H2,1H3. The molecule has 1 aromatic rings. The Morgan fingerprint density at radius 3 is 2.77 bits per heavy atom. The summed E-state index contributed by atoms with van der Waals surface area (Å²) in [7, 11) is 1.69. The lowest BCUT2D eigenvalue weighted by Crippen LogP contribution is -2.53. The first-order chi connectivity index (χ1) is 14.9. The highest BCUT2D eigenvalue weighted by Crippen LogP contribution is 2.56. The van der Waals surface area contributed by atoms with E-state index in [9.17, 15) is 18.0 Å². The molecular weight excluding hydrogens is 425 g/mol. The smallest absolute Gasteiger partial charge is 0.368 e. The summed E-state index contributed by atoms with van der Waals surface area (Å²) in [5, 5.41) is 5.06. The van der Waals surface area contributed by atoms with Crippen LogP contribution in [0.25, 0.3) is 0 Å². The predicted octanol–water partition coefficient (Wildman–Crippen LogP) is 4.13. The molecule has 8 heteroatoms. The van der Waals surface area contributed by atoms with Crippen LogP contribution in [0.2, 0.25) is 0 Å². The Kier molecular flexibility index (Phi) is 5.07. The Morgan fingerprint density at radius 1 is 1.29 bits per heavy atom. The molecule has 1 aromatic carbocycles. The molecule has 0 amide bonds. The fraction of sp³-hybridized carbons (Fsp3) is 0.435. The number of benzene rings is 1. The lowest BCUT2D eigenvalue weighted by atomic mass is 9.79. The largest absolute Gasteiger partial charge is 0.450 e. The van der Waals surface area contributed by atoms with Gasteiger partial charge in [0.2, 0.25) is 5.78 Å². The van der Waals surface area contributed by atoms with Gasteiger partial charge < -0.3 is 15.0 Å². The van der Waals surface area contributed by atoms with Gasteiger partial charge in [-0.2, -0.15) is 13.2 Å². The predicted molar refractivity (Wildman–Crippen MR) is 113 cm³/mol. The van der Waals surface area contributed by atoms with Crippen molar-refractivity contribution in [1.29, 1.82) is 0 Å². The third-order valence-corrected chi connectivity index (χ3v) is 7.90. The van der Waals surface area contributed by atoms with Crippen molar-refractivity contribution in [3.63, 3.8) is 0 Å². The van der Waals surface area contributed by atoms with Gasteiger partial charge in [-0.3, -0.25) is 4.79 Å². The van der Waals surface area contributed by atoms with Crippen LogP contribution in [0, 0.1) is 5.92 Å². The number of piperidine rings is 1. The quantitative estimate of drug-likeness (QED) is 0.753. The molecule has 4 aliphatic rings. The van der Waals surface area contributed by atoms with Crippen molar-refractivity contribution in [3.05, 3.63) is 69.1 Å². The molecule has 3 atom stereocenters. The average Bonchev–Trinajstić information content (AvgIpc) is 2.93. The number of rotatable bonds is 3. The third-order valence-electron chi connectivity index (χ3n) is 6.81. The van der Waals surface area contributed by atoms with Gasteiger partial charge in [0, 0.05) is 31.6 Å². The van der Waals surface area contributed by atoms with E-state index < -0.39 is 29.5 Å². The third kappa shape index (κ3) is 3.10. The molecule has 3 aliphatic heterocycles. The van der Waals surface area contributed by atoms with Crippen LogP contribution in [-0.4, -0.2) is 49.6 Å². The molecule has 0 spiro atoms. The number of ether oxygens (including phenoxy) is 1. The fourth-order valence-electron chi connectivity index (χ4n) is 5.50. The zero-order chi connectivity index (χ0) is 21.8. The van der Waals surface area contributed by atoms with E-state index in [0.29, 0.717) is 25.9 Å². The van der Waals surface area contributed by atoms with Gasteiger partial charge in [-0.25, -0.2) is 0 Å². The van der Waals surface area contributed by atoms with Crippen LogP contribution in [0.15, 0.2) is 63.6 Å². The van der Waals surface area contributed by atoms with Crippen LogP contribution in [0.4, 0.5) is 13.2 Å². The van der Waals surface area contributed by atoms with Crippen LogP contribution in [-0.2, 0) is 15.1 Å². The van der Waals surface area contributed by atoms with Gasteiger partial charge >= 0.3 is 6.18 Å². The highest BCUT2D eigenvalue weighted by atomic mass is 32.2. The monoisotopic (exact) mass is 448 g/mol. The van der Waals surface area contributed by atoms with E-state index in [1.165, 1.54) is 0 Å². The second-order valence-corrected chi connectivity index (χ2v) is 9.18. The molecule has 1 N–H and O–H groups in total. The van der Waals surface area contributed by atoms with Crippen LogP contribution >= 0.6 is 11.8 Å². The first-order valence-electron chi connectivity index (χ1n) is 10.4. The van der Waals surface area contributed by atoms with E-state index >= 15 is 0 Å². The number of hydrogen-bond donors (Lipinski definition) is 1. The Bertz CT molecular complexity index is 1000. The molecule has 4 nitrogen and oxygen atoms in total. The Morgan fingerprint density at radius 2 is 2.06 bits per heavy atom. The Balaban J connectivity index is 1.68. The zero-order valence-electron chi connectivity index (χ0n) is 17.0. The minimum atomic E-state index is -4.85. The van der Waals surface area contributed by atoms with Gasteiger partial charge in [-0.15, -0.1) is 0 Å². The van der Waals surface area contributed by atoms with Crippen molar-refractivity contribution in [3.8, 4) is 0 Å². The summed E-state index contributed by atoms with van der Waals surface area (Å²) in [6.07, 6.45) is -1.49. The number of allylic oxidation sites excluding steroid dienone is 1. The maximum atomic E-state index is 13.4. The van der Waals surface area contributed by atoms with Crippen molar-refractivity contribution in [2.75, 3.05) is 26.7 Å². The molecule has 0 bridgehead atoms. The number of nitrogens with zero attached hydrogens (tertiary/aromatic N) is 1. The fourth-order valence-corrected chi connectivity index (χ4v) is 6.66. The number of hydrogen-bond acceptors (Lipinski definition) is 5. The minimum absolute atomic E-state index is 0.0316. The number of carbonyl (C=O) groups is 1. The van der Waals surface area contributed by atoms with Crippen molar-refractivity contribution >= 4 is 17.5 Å². The number of methoxy groups -OCH3 is 1. The first kappa shape index (κ1) is 20.8. The summed E-state index contributed by atoms with van der Waals surface area (Å²) >= 11 is 1.57. The van der Waals surface area contributed by atoms with Crippen molar-refractivity contribution in [1.82, 2.24) is 10.2 Å². The highest BCUT2D eigenvalue weighted by molar-refractivity contribution is 8.05. The lowest BCUT2D eigenvalue weighted by molar-refractivity contribution is -0.177. The second kappa shape index (κ2) is 7.53. The zero-order valence-corrected chi connectivity index (χ0v) is 17.9. The lowest BCUT2D eigenvalue weighted by Gasteiger charge is -2.42. The van der Waals surface area contributed by atoms with Gasteiger partial charge in [-0.05, 0) is 35.0 Å². The van der Waals surface area contributed by atoms with Gasteiger partial charge in [0.05, 0.1) is 17.7 Å². The molecule has 164 valence electrons. The highest BCUT2D eigenvalue weighted by Gasteiger charge is 2.55. The summed E-state index contributed by atoms with van der Waals surface area (Å²) in [5.74, 6) is -2.80. The van der Waals surface area contributed by atoms with Crippen molar-refractivity contribution in [2.45, 2.75) is 30.7 Å². The van der Waals surface area contributed by atoms with Gasteiger partial charge in [-0.1, -0.05) is 48.2 Å². The number of nitrogens with one attached hydrogen (secondary N) is 1. The number of alkyl halides is 3. The SMILES string of the molecule is COC1(c2ccccc2)CCC2=C3CNCC(C(=O)C(F)(F)F)C3N3CC=CSC1=C23. The first-order valence-corrected chi connectivity index (χ1v) is 11.2. The number of ketones is 1. The van der Waals surface area contributed by atoms with E-state index in [-0.39, 0.29) is 6.54 Å². The molecule has 0 radical (unpaired) electrons. The molecule has 1 fully saturated rings. The Labute approximate surface area is 183 Å². The summed E-state index contributed by atoms with van der Waals surface area (Å²) in [6.45, 7) is 1.01. The number of halogens is 3. The average molecular weight is 449 g/mol. The number of Topliss-reactive ketones (excluding diaryl/α,β-unsaturated/α-hetero) is 1. The number of fused-ring (bicyclic) bond motifs is 2. The van der Waals surface area contributed by atoms with Crippen LogP contribution in [0.5, 0.6) is 0 Å². The Hall–Kier alpha value is -2.03. The van der Waals surface area contributed by atoms with Crippen LogP contribution < -0.4 is 5.32 Å². The summed E-state index contributed by atoms with van der Waals surface area (Å²) < 4.78 is 46.4. The number of thioether (sulfide) groups is 1. The molecule has 31 heavy (non-hydrogen) atoms. The van der Waals surface area contributed by atoms with Gasteiger partial charge in [0.1, 0.15) is 5.60 Å². The molecular formula is C23H23F3N2O2S.